The van der Waals surface area contributed by atoms with E-state index in [-0.39, 0.29) is 0 Å². The fourth-order valence-corrected chi connectivity index (χ4v) is 2.52. The molecule has 21 heavy (non-hydrogen) atoms. The number of aromatic nitrogens is 5. The van der Waals surface area contributed by atoms with E-state index in [1.807, 2.05) is 17.5 Å². The third-order valence-corrected chi connectivity index (χ3v) is 3.84. The summed E-state index contributed by atoms with van der Waals surface area (Å²) in [5, 5.41) is 23.2. The maximum atomic E-state index is 9.39. The summed E-state index contributed by atoms with van der Waals surface area (Å²) in [6.45, 7) is 2.36. The fraction of sp³-hybridized carbons (Fsp3) is 0.385. The average molecular weight is 305 g/mol. The highest BCUT2D eigenvalue weighted by molar-refractivity contribution is 7.13. The molecule has 0 aliphatic heterocycles. The number of rotatable bonds is 6. The molecular formula is C13H15N5O2S. The summed E-state index contributed by atoms with van der Waals surface area (Å²) >= 11 is 1.58. The SMILES string of the molecule is CC(O)c1cn(CCCc2nc(-c3cccs3)no2)nn1. The molecule has 0 aliphatic carbocycles. The van der Waals surface area contributed by atoms with Crippen molar-refractivity contribution in [3.63, 3.8) is 0 Å². The molecule has 1 atom stereocenters. The Labute approximate surface area is 125 Å². The zero-order chi connectivity index (χ0) is 14.7. The summed E-state index contributed by atoms with van der Waals surface area (Å²) in [6, 6.07) is 3.92. The van der Waals surface area contributed by atoms with Gasteiger partial charge in [0.1, 0.15) is 5.69 Å². The zero-order valence-corrected chi connectivity index (χ0v) is 12.3. The molecule has 3 rings (SSSR count). The van der Waals surface area contributed by atoms with Crippen LogP contribution in [0, 0.1) is 0 Å². The van der Waals surface area contributed by atoms with Crippen molar-refractivity contribution in [3.05, 3.63) is 35.3 Å². The van der Waals surface area contributed by atoms with Crippen molar-refractivity contribution in [3.8, 4) is 10.7 Å². The van der Waals surface area contributed by atoms with Gasteiger partial charge in [-0.2, -0.15) is 4.98 Å². The molecule has 3 aromatic rings. The number of aryl methyl sites for hydroxylation is 2. The maximum absolute atomic E-state index is 9.39. The minimum absolute atomic E-state index is 0.577. The topological polar surface area (TPSA) is 89.9 Å². The number of aliphatic hydroxyl groups is 1. The normalized spacial score (nSPS) is 12.7. The van der Waals surface area contributed by atoms with Gasteiger partial charge in [-0.25, -0.2) is 0 Å². The number of hydrogen-bond donors (Lipinski definition) is 1. The minimum atomic E-state index is -0.594. The number of thiophene rings is 1. The first-order valence-electron chi connectivity index (χ1n) is 6.67. The monoisotopic (exact) mass is 305 g/mol. The van der Waals surface area contributed by atoms with Gasteiger partial charge in [0.05, 0.1) is 17.2 Å². The second-order valence-electron chi connectivity index (χ2n) is 4.68. The van der Waals surface area contributed by atoms with Crippen molar-refractivity contribution in [1.82, 2.24) is 25.1 Å². The second kappa shape index (κ2) is 6.15. The van der Waals surface area contributed by atoms with Crippen LogP contribution in [0.15, 0.2) is 28.2 Å². The van der Waals surface area contributed by atoms with Gasteiger partial charge in [0.25, 0.3) is 0 Å². The van der Waals surface area contributed by atoms with Crippen molar-refractivity contribution in [2.75, 3.05) is 0 Å². The number of hydrogen-bond acceptors (Lipinski definition) is 7. The van der Waals surface area contributed by atoms with Gasteiger partial charge in [0, 0.05) is 13.0 Å². The first kappa shape index (κ1) is 13.9. The van der Waals surface area contributed by atoms with E-state index in [9.17, 15) is 5.11 Å². The van der Waals surface area contributed by atoms with Crippen molar-refractivity contribution >= 4 is 11.3 Å². The summed E-state index contributed by atoms with van der Waals surface area (Å²) in [7, 11) is 0. The van der Waals surface area contributed by atoms with E-state index in [1.165, 1.54) is 0 Å². The Morgan fingerprint density at radius 3 is 3.10 bits per heavy atom. The molecule has 8 heteroatoms. The van der Waals surface area contributed by atoms with E-state index in [1.54, 1.807) is 29.1 Å². The molecule has 0 fully saturated rings. The molecule has 0 aromatic carbocycles. The summed E-state index contributed by atoms with van der Waals surface area (Å²) < 4.78 is 6.94. The predicted molar refractivity (Wildman–Crippen MR) is 76.6 cm³/mol. The van der Waals surface area contributed by atoms with E-state index < -0.39 is 6.10 Å². The lowest BCUT2D eigenvalue weighted by Gasteiger charge is -1.97. The van der Waals surface area contributed by atoms with E-state index in [0.29, 0.717) is 30.4 Å². The lowest BCUT2D eigenvalue weighted by molar-refractivity contribution is 0.194. The van der Waals surface area contributed by atoms with E-state index in [4.69, 9.17) is 4.52 Å². The van der Waals surface area contributed by atoms with Gasteiger partial charge in [-0.15, -0.1) is 16.4 Å². The van der Waals surface area contributed by atoms with E-state index in [2.05, 4.69) is 20.5 Å². The highest BCUT2D eigenvalue weighted by Crippen LogP contribution is 2.21. The molecule has 110 valence electrons. The number of aliphatic hydroxyl groups excluding tert-OH is 1. The maximum Gasteiger partial charge on any atom is 0.227 e. The van der Waals surface area contributed by atoms with Crippen LogP contribution in [0.5, 0.6) is 0 Å². The quantitative estimate of drug-likeness (QED) is 0.750. The molecular weight excluding hydrogens is 290 g/mol. The first-order chi connectivity index (χ1) is 10.2. The lowest BCUT2D eigenvalue weighted by atomic mass is 10.3. The molecule has 0 radical (unpaired) electrons. The van der Waals surface area contributed by atoms with Crippen molar-refractivity contribution in [2.45, 2.75) is 32.4 Å². The van der Waals surface area contributed by atoms with Gasteiger partial charge >= 0.3 is 0 Å². The molecule has 1 unspecified atom stereocenters. The first-order valence-corrected chi connectivity index (χ1v) is 7.55. The highest BCUT2D eigenvalue weighted by Gasteiger charge is 2.10. The Balaban J connectivity index is 1.53. The van der Waals surface area contributed by atoms with Crippen LogP contribution in [0.4, 0.5) is 0 Å². The molecule has 0 spiro atoms. The van der Waals surface area contributed by atoms with Crippen LogP contribution in [-0.2, 0) is 13.0 Å². The molecule has 0 aliphatic rings. The van der Waals surface area contributed by atoms with Gasteiger partial charge in [-0.1, -0.05) is 16.4 Å². The molecule has 3 aromatic heterocycles. The van der Waals surface area contributed by atoms with Crippen LogP contribution in [0.25, 0.3) is 10.7 Å². The van der Waals surface area contributed by atoms with Crippen LogP contribution in [-0.4, -0.2) is 30.2 Å². The summed E-state index contributed by atoms with van der Waals surface area (Å²) in [4.78, 5) is 5.37. The second-order valence-corrected chi connectivity index (χ2v) is 5.62. The minimum Gasteiger partial charge on any atom is -0.387 e. The van der Waals surface area contributed by atoms with Gasteiger partial charge in [-0.05, 0) is 24.8 Å². The lowest BCUT2D eigenvalue weighted by Crippen LogP contribution is -2.00. The van der Waals surface area contributed by atoms with Crippen LogP contribution < -0.4 is 0 Å². The number of nitrogens with zero attached hydrogens (tertiary/aromatic N) is 5. The molecule has 1 N–H and O–H groups in total. The van der Waals surface area contributed by atoms with Crippen molar-refractivity contribution in [2.24, 2.45) is 0 Å². The molecule has 0 saturated carbocycles. The van der Waals surface area contributed by atoms with Gasteiger partial charge in [0.2, 0.25) is 11.7 Å². The van der Waals surface area contributed by atoms with E-state index in [0.717, 1.165) is 11.3 Å². The smallest absolute Gasteiger partial charge is 0.227 e. The van der Waals surface area contributed by atoms with Crippen molar-refractivity contribution in [1.29, 1.82) is 0 Å². The molecule has 7 nitrogen and oxygen atoms in total. The zero-order valence-electron chi connectivity index (χ0n) is 11.5. The fourth-order valence-electron chi connectivity index (χ4n) is 1.87. The third kappa shape index (κ3) is 3.34. The van der Waals surface area contributed by atoms with Gasteiger partial charge in [0.15, 0.2) is 0 Å². The van der Waals surface area contributed by atoms with E-state index >= 15 is 0 Å². The molecule has 0 bridgehead atoms. The van der Waals surface area contributed by atoms with Crippen LogP contribution in [0.2, 0.25) is 0 Å². The molecule has 0 saturated heterocycles. The summed E-state index contributed by atoms with van der Waals surface area (Å²) in [5.74, 6) is 1.26. The largest absolute Gasteiger partial charge is 0.387 e. The van der Waals surface area contributed by atoms with Crippen LogP contribution in [0.1, 0.15) is 31.0 Å². The Bertz CT molecular complexity index is 689. The van der Waals surface area contributed by atoms with Gasteiger partial charge in [-0.3, -0.25) is 4.68 Å². The predicted octanol–water partition coefficient (Wildman–Crippen LogP) is 2.08. The highest BCUT2D eigenvalue weighted by atomic mass is 32.1. The van der Waals surface area contributed by atoms with Crippen molar-refractivity contribution < 1.29 is 9.63 Å². The molecule has 3 heterocycles. The Morgan fingerprint density at radius 2 is 2.38 bits per heavy atom. The Kier molecular flexibility index (Phi) is 4.07. The Morgan fingerprint density at radius 1 is 1.48 bits per heavy atom. The Hall–Kier alpha value is -2.06. The third-order valence-electron chi connectivity index (χ3n) is 2.97. The standard InChI is InChI=1S/C13H15N5O2S/c1-9(19)10-8-18(17-15-10)6-2-5-12-14-13(16-20-12)11-4-3-7-21-11/h3-4,7-9,19H,2,5-6H2,1H3. The molecule has 0 amide bonds. The summed E-state index contributed by atoms with van der Waals surface area (Å²) in [5.41, 5.74) is 0.577. The average Bonchev–Trinajstić information content (AvgIpc) is 3.20. The van der Waals surface area contributed by atoms with Crippen LogP contribution >= 0.6 is 11.3 Å². The summed E-state index contributed by atoms with van der Waals surface area (Å²) in [6.07, 6.45) is 2.65. The van der Waals surface area contributed by atoms with Gasteiger partial charge < -0.3 is 9.63 Å². The van der Waals surface area contributed by atoms with Crippen LogP contribution in [0.3, 0.4) is 0 Å².